The maximum Gasteiger partial charge on any atom is 0.360 e. The zero-order chi connectivity index (χ0) is 16.3. The van der Waals surface area contributed by atoms with Crippen LogP contribution in [-0.2, 0) is 14.3 Å². The van der Waals surface area contributed by atoms with Crippen molar-refractivity contribution >= 4 is 40.8 Å². The first-order valence-corrected chi connectivity index (χ1v) is 6.06. The molecule has 0 radical (unpaired) electrons. The van der Waals surface area contributed by atoms with Gasteiger partial charge in [0.25, 0.3) is 0 Å². The SMILES string of the molecule is C[C@@H](Oc1nc(F)c(Cl)c(N)c1Cl)C(=O)OC(N)C(=O)O. The van der Waals surface area contributed by atoms with E-state index in [0.717, 1.165) is 0 Å². The van der Waals surface area contributed by atoms with E-state index in [9.17, 15) is 14.0 Å². The topological polar surface area (TPSA) is 138 Å². The summed E-state index contributed by atoms with van der Waals surface area (Å²) in [7, 11) is 0. The average Bonchev–Trinajstić information content (AvgIpc) is 2.41. The number of pyridine rings is 1. The van der Waals surface area contributed by atoms with Crippen LogP contribution in [0.1, 0.15) is 6.92 Å². The second-order valence-corrected chi connectivity index (χ2v) is 4.46. The summed E-state index contributed by atoms with van der Waals surface area (Å²) in [5.41, 5.74) is 10.1. The van der Waals surface area contributed by atoms with Crippen LogP contribution in [0.4, 0.5) is 10.1 Å². The number of carboxylic acids is 1. The van der Waals surface area contributed by atoms with Crippen LogP contribution in [0.25, 0.3) is 0 Å². The number of aromatic nitrogens is 1. The Morgan fingerprint density at radius 1 is 1.38 bits per heavy atom. The minimum Gasteiger partial charge on any atom is -0.477 e. The summed E-state index contributed by atoms with van der Waals surface area (Å²) >= 11 is 11.2. The van der Waals surface area contributed by atoms with Gasteiger partial charge in [-0.25, -0.2) is 9.59 Å². The molecule has 1 rings (SSSR count). The monoisotopic (exact) mass is 341 g/mol. The number of carbonyl (C=O) groups is 2. The first-order chi connectivity index (χ1) is 9.65. The molecule has 1 unspecified atom stereocenters. The molecule has 0 aliphatic heterocycles. The van der Waals surface area contributed by atoms with Gasteiger partial charge in [0.2, 0.25) is 18.1 Å². The Morgan fingerprint density at radius 3 is 2.48 bits per heavy atom. The molecule has 0 amide bonds. The van der Waals surface area contributed by atoms with Gasteiger partial charge < -0.3 is 20.3 Å². The molecule has 1 aromatic rings. The zero-order valence-corrected chi connectivity index (χ0v) is 12.0. The van der Waals surface area contributed by atoms with Crippen molar-refractivity contribution in [2.24, 2.45) is 5.73 Å². The lowest BCUT2D eigenvalue weighted by Crippen LogP contribution is -2.39. The number of carboxylic acid groups (broad SMARTS) is 1. The number of esters is 1. The van der Waals surface area contributed by atoms with E-state index < -0.39 is 41.1 Å². The third-order valence-electron chi connectivity index (χ3n) is 2.15. The molecule has 0 aromatic carbocycles. The van der Waals surface area contributed by atoms with Crippen LogP contribution < -0.4 is 16.2 Å². The molecule has 21 heavy (non-hydrogen) atoms. The minimum atomic E-state index is -1.86. The highest BCUT2D eigenvalue weighted by Gasteiger charge is 2.25. The average molecular weight is 342 g/mol. The Morgan fingerprint density at radius 2 is 1.95 bits per heavy atom. The van der Waals surface area contributed by atoms with Crippen molar-refractivity contribution in [2.45, 2.75) is 19.3 Å². The number of carbonyl (C=O) groups excluding carboxylic acids is 1. The van der Waals surface area contributed by atoms with E-state index in [1.54, 1.807) is 0 Å². The Kier molecular flexibility index (Phi) is 5.53. The lowest BCUT2D eigenvalue weighted by Gasteiger charge is -2.16. The van der Waals surface area contributed by atoms with E-state index in [1.807, 2.05) is 0 Å². The molecule has 2 atom stereocenters. The van der Waals surface area contributed by atoms with Gasteiger partial charge in [-0.3, -0.25) is 5.73 Å². The maximum atomic E-state index is 13.3. The van der Waals surface area contributed by atoms with Crippen molar-refractivity contribution in [2.75, 3.05) is 5.73 Å². The van der Waals surface area contributed by atoms with Crippen molar-refractivity contribution < 1.29 is 28.6 Å². The standard InChI is InChI=1S/C10H10Cl2FN3O5/c1-2(10(19)21-7(15)9(17)18)20-8-4(12)5(14)3(11)6(13)16-8/h2,7H,15H2,1H3,(H2,14,16)(H,17,18)/t2-,7?/m1/s1. The van der Waals surface area contributed by atoms with Crippen molar-refractivity contribution in [1.82, 2.24) is 4.98 Å². The minimum absolute atomic E-state index is 0.302. The van der Waals surface area contributed by atoms with Crippen molar-refractivity contribution in [3.63, 3.8) is 0 Å². The predicted octanol–water partition coefficient (Wildman–Crippen LogP) is 0.790. The summed E-state index contributed by atoms with van der Waals surface area (Å²) in [6.07, 6.45) is -3.22. The number of rotatable bonds is 5. The van der Waals surface area contributed by atoms with E-state index in [4.69, 9.17) is 44.5 Å². The molecule has 5 N–H and O–H groups in total. The third kappa shape index (κ3) is 4.06. The summed E-state index contributed by atoms with van der Waals surface area (Å²) in [5.74, 6) is -4.30. The number of hydrogen-bond acceptors (Lipinski definition) is 7. The molecular formula is C10H10Cl2FN3O5. The molecule has 0 spiro atoms. The summed E-state index contributed by atoms with van der Waals surface area (Å²) in [6, 6.07) is 0. The van der Waals surface area contributed by atoms with Gasteiger partial charge in [-0.2, -0.15) is 9.37 Å². The number of hydrogen-bond donors (Lipinski definition) is 3. The van der Waals surface area contributed by atoms with E-state index in [0.29, 0.717) is 0 Å². The van der Waals surface area contributed by atoms with E-state index in [-0.39, 0.29) is 10.7 Å². The van der Waals surface area contributed by atoms with Crippen molar-refractivity contribution in [3.05, 3.63) is 16.0 Å². The van der Waals surface area contributed by atoms with Crippen LogP contribution in [-0.4, -0.2) is 34.4 Å². The number of nitrogens with two attached hydrogens (primary N) is 2. The number of anilines is 1. The van der Waals surface area contributed by atoms with Crippen LogP contribution in [0.3, 0.4) is 0 Å². The lowest BCUT2D eigenvalue weighted by molar-refractivity contribution is -0.168. The largest absolute Gasteiger partial charge is 0.477 e. The fraction of sp³-hybridized carbons (Fsp3) is 0.300. The van der Waals surface area contributed by atoms with Crippen molar-refractivity contribution in [1.29, 1.82) is 0 Å². The maximum absolute atomic E-state index is 13.3. The van der Waals surface area contributed by atoms with Gasteiger partial charge in [-0.1, -0.05) is 23.2 Å². The highest BCUT2D eigenvalue weighted by atomic mass is 35.5. The molecule has 1 heterocycles. The molecule has 8 nitrogen and oxygen atoms in total. The van der Waals surface area contributed by atoms with Gasteiger partial charge in [0.1, 0.15) is 10.0 Å². The van der Waals surface area contributed by atoms with Gasteiger partial charge in [-0.15, -0.1) is 0 Å². The third-order valence-corrected chi connectivity index (χ3v) is 2.87. The summed E-state index contributed by atoms with van der Waals surface area (Å²) in [5, 5.41) is 7.70. The molecule has 0 saturated heterocycles. The molecule has 0 fully saturated rings. The second kappa shape index (κ2) is 6.74. The highest BCUT2D eigenvalue weighted by Crippen LogP contribution is 2.35. The van der Waals surface area contributed by atoms with Crippen LogP contribution in [0.5, 0.6) is 5.88 Å². The van der Waals surface area contributed by atoms with Crippen LogP contribution >= 0.6 is 23.2 Å². The summed E-state index contributed by atoms with van der Waals surface area (Å²) in [6.45, 7) is 1.19. The fourth-order valence-electron chi connectivity index (χ4n) is 1.08. The van der Waals surface area contributed by atoms with E-state index in [2.05, 4.69) is 9.72 Å². The predicted molar refractivity (Wildman–Crippen MR) is 70.4 cm³/mol. The molecule has 0 saturated carbocycles. The number of ether oxygens (including phenoxy) is 2. The second-order valence-electron chi connectivity index (χ2n) is 3.71. The van der Waals surface area contributed by atoms with Crippen LogP contribution in [0, 0.1) is 5.95 Å². The number of aliphatic carboxylic acids is 1. The molecule has 11 heteroatoms. The Hall–Kier alpha value is -1.84. The highest BCUT2D eigenvalue weighted by molar-refractivity contribution is 6.39. The Bertz CT molecular complexity index is 586. The van der Waals surface area contributed by atoms with E-state index >= 15 is 0 Å². The molecule has 1 aromatic heterocycles. The lowest BCUT2D eigenvalue weighted by atomic mass is 10.4. The van der Waals surface area contributed by atoms with E-state index in [1.165, 1.54) is 6.92 Å². The smallest absolute Gasteiger partial charge is 0.360 e. The molecular weight excluding hydrogens is 332 g/mol. The number of halogens is 3. The van der Waals surface area contributed by atoms with Crippen LogP contribution in [0.15, 0.2) is 0 Å². The van der Waals surface area contributed by atoms with Crippen LogP contribution in [0.2, 0.25) is 10.0 Å². The van der Waals surface area contributed by atoms with Gasteiger partial charge >= 0.3 is 11.9 Å². The van der Waals surface area contributed by atoms with Gasteiger partial charge in [0.15, 0.2) is 6.10 Å². The molecule has 0 aliphatic carbocycles. The first-order valence-electron chi connectivity index (χ1n) is 5.30. The quantitative estimate of drug-likeness (QED) is 0.406. The van der Waals surface area contributed by atoms with Gasteiger partial charge in [-0.05, 0) is 6.92 Å². The van der Waals surface area contributed by atoms with Gasteiger partial charge in [0, 0.05) is 0 Å². The Labute approximate surface area is 127 Å². The summed E-state index contributed by atoms with van der Waals surface area (Å²) in [4.78, 5) is 25.2. The molecule has 116 valence electrons. The Balaban J connectivity index is 2.86. The van der Waals surface area contributed by atoms with Crippen molar-refractivity contribution in [3.8, 4) is 5.88 Å². The first kappa shape index (κ1) is 17.2. The summed E-state index contributed by atoms with van der Waals surface area (Å²) < 4.78 is 22.6. The molecule has 0 aliphatic rings. The fourth-order valence-corrected chi connectivity index (χ4v) is 1.44. The molecule has 0 bridgehead atoms. The number of nitrogen functional groups attached to an aromatic ring is 1. The van der Waals surface area contributed by atoms with Gasteiger partial charge in [0.05, 0.1) is 5.69 Å². The zero-order valence-electron chi connectivity index (χ0n) is 10.5. The normalized spacial score (nSPS) is 13.4. The number of nitrogens with zero attached hydrogens (tertiary/aromatic N) is 1.